The predicted molar refractivity (Wildman–Crippen MR) is 67.8 cm³/mol. The van der Waals surface area contributed by atoms with Crippen molar-refractivity contribution in [1.82, 2.24) is 0 Å². The highest BCUT2D eigenvalue weighted by Gasteiger charge is 2.25. The molecule has 0 amide bonds. The summed E-state index contributed by atoms with van der Waals surface area (Å²) in [6, 6.07) is 4.32. The summed E-state index contributed by atoms with van der Waals surface area (Å²) in [4.78, 5) is 21.2. The molecule has 0 aliphatic heterocycles. The Balaban J connectivity index is 3.08. The molecule has 0 aliphatic carbocycles. The summed E-state index contributed by atoms with van der Waals surface area (Å²) >= 11 is 3.12. The van der Waals surface area contributed by atoms with Gasteiger partial charge in [0.15, 0.2) is 6.10 Å². The van der Waals surface area contributed by atoms with Gasteiger partial charge in [-0.3, -0.25) is 10.1 Å². The Hall–Kier alpha value is -1.63. The average molecular weight is 318 g/mol. The van der Waals surface area contributed by atoms with Gasteiger partial charge in [0.05, 0.1) is 9.40 Å². The number of nitro benzene ring substituents is 1. The summed E-state index contributed by atoms with van der Waals surface area (Å²) < 4.78 is 5.61. The Labute approximate surface area is 112 Å². The van der Waals surface area contributed by atoms with E-state index in [9.17, 15) is 14.9 Å². The van der Waals surface area contributed by atoms with Crippen molar-refractivity contribution in [1.29, 1.82) is 0 Å². The second-order valence-electron chi connectivity index (χ2n) is 3.58. The van der Waals surface area contributed by atoms with Gasteiger partial charge in [-0.25, -0.2) is 4.79 Å². The molecule has 0 heterocycles. The van der Waals surface area contributed by atoms with Crippen LogP contribution in [-0.4, -0.2) is 22.1 Å². The van der Waals surface area contributed by atoms with Crippen molar-refractivity contribution in [2.75, 3.05) is 0 Å². The molecule has 7 heteroatoms. The lowest BCUT2D eigenvalue weighted by Crippen LogP contribution is -2.27. The zero-order chi connectivity index (χ0) is 13.7. The fourth-order valence-corrected chi connectivity index (χ4v) is 1.84. The number of carboxylic acids is 1. The molecule has 0 fully saturated rings. The Morgan fingerprint density at radius 3 is 2.78 bits per heavy atom. The van der Waals surface area contributed by atoms with Crippen molar-refractivity contribution >= 4 is 27.6 Å². The van der Waals surface area contributed by atoms with Gasteiger partial charge in [-0.1, -0.05) is 19.4 Å². The van der Waals surface area contributed by atoms with Crippen LogP contribution in [0.3, 0.4) is 0 Å². The lowest BCUT2D eigenvalue weighted by atomic mass is 10.2. The number of ether oxygens (including phenoxy) is 1. The van der Waals surface area contributed by atoms with E-state index in [-0.39, 0.29) is 17.9 Å². The smallest absolute Gasteiger partial charge is 0.344 e. The fourth-order valence-electron chi connectivity index (χ4n) is 1.40. The zero-order valence-electron chi connectivity index (χ0n) is 9.63. The predicted octanol–water partition coefficient (Wildman–Crippen LogP) is 2.99. The van der Waals surface area contributed by atoms with E-state index in [2.05, 4.69) is 15.9 Å². The first-order valence-electron chi connectivity index (χ1n) is 5.29. The van der Waals surface area contributed by atoms with Gasteiger partial charge in [0.1, 0.15) is 0 Å². The van der Waals surface area contributed by atoms with E-state index >= 15 is 0 Å². The van der Waals surface area contributed by atoms with Crippen LogP contribution in [0.25, 0.3) is 0 Å². The first-order valence-corrected chi connectivity index (χ1v) is 6.09. The van der Waals surface area contributed by atoms with Crippen molar-refractivity contribution in [2.45, 2.75) is 25.9 Å². The number of carbonyl (C=O) groups is 1. The number of para-hydroxylation sites is 1. The van der Waals surface area contributed by atoms with Gasteiger partial charge in [-0.05, 0) is 28.4 Å². The SMILES string of the molecule is CCCC(Oc1c(Br)cccc1[N+](=O)[O-])C(=O)O. The number of benzene rings is 1. The summed E-state index contributed by atoms with van der Waals surface area (Å²) in [7, 11) is 0. The van der Waals surface area contributed by atoms with E-state index in [1.54, 1.807) is 6.07 Å². The van der Waals surface area contributed by atoms with Crippen LogP contribution in [0.4, 0.5) is 5.69 Å². The third-order valence-corrected chi connectivity index (χ3v) is 2.85. The monoisotopic (exact) mass is 317 g/mol. The van der Waals surface area contributed by atoms with E-state index in [0.717, 1.165) is 0 Å². The van der Waals surface area contributed by atoms with Crippen molar-refractivity contribution in [3.8, 4) is 5.75 Å². The number of hydrogen-bond acceptors (Lipinski definition) is 4. The molecule has 1 atom stereocenters. The lowest BCUT2D eigenvalue weighted by Gasteiger charge is -2.15. The Morgan fingerprint density at radius 2 is 2.28 bits per heavy atom. The molecule has 1 aromatic carbocycles. The second-order valence-corrected chi connectivity index (χ2v) is 4.43. The molecule has 0 spiro atoms. The van der Waals surface area contributed by atoms with Crippen molar-refractivity contribution in [3.05, 3.63) is 32.8 Å². The van der Waals surface area contributed by atoms with E-state index in [1.165, 1.54) is 12.1 Å². The molecule has 0 saturated heterocycles. The molecule has 0 bridgehead atoms. The van der Waals surface area contributed by atoms with E-state index in [1.807, 2.05) is 6.92 Å². The molecule has 1 N–H and O–H groups in total. The van der Waals surface area contributed by atoms with E-state index in [0.29, 0.717) is 10.9 Å². The molecule has 0 saturated carbocycles. The van der Waals surface area contributed by atoms with Gasteiger partial charge in [-0.2, -0.15) is 0 Å². The van der Waals surface area contributed by atoms with Crippen LogP contribution in [0.1, 0.15) is 19.8 Å². The lowest BCUT2D eigenvalue weighted by molar-refractivity contribution is -0.386. The number of nitrogens with zero attached hydrogens (tertiary/aromatic N) is 1. The van der Waals surface area contributed by atoms with Crippen LogP contribution in [0.15, 0.2) is 22.7 Å². The van der Waals surface area contributed by atoms with Crippen LogP contribution < -0.4 is 4.74 Å². The van der Waals surface area contributed by atoms with E-state index in [4.69, 9.17) is 9.84 Å². The maximum Gasteiger partial charge on any atom is 0.344 e. The molecule has 6 nitrogen and oxygen atoms in total. The molecular formula is C11H12BrNO5. The van der Waals surface area contributed by atoms with Gasteiger partial charge in [-0.15, -0.1) is 0 Å². The van der Waals surface area contributed by atoms with Gasteiger partial charge >= 0.3 is 11.7 Å². The standard InChI is InChI=1S/C11H12BrNO5/c1-2-4-9(11(14)15)18-10-7(12)5-3-6-8(10)13(16)17/h3,5-6,9H,2,4H2,1H3,(H,14,15). The summed E-state index contributed by atoms with van der Waals surface area (Å²) in [5, 5.41) is 19.8. The summed E-state index contributed by atoms with van der Waals surface area (Å²) in [6.45, 7) is 1.81. The molecule has 1 aromatic rings. The van der Waals surface area contributed by atoms with E-state index < -0.39 is 17.0 Å². The average Bonchev–Trinajstić information content (AvgIpc) is 2.30. The number of carboxylic acid groups (broad SMARTS) is 1. The minimum Gasteiger partial charge on any atom is -0.479 e. The Kier molecular flexibility index (Phi) is 5.08. The first kappa shape index (κ1) is 14.4. The van der Waals surface area contributed by atoms with Crippen LogP contribution in [-0.2, 0) is 4.79 Å². The van der Waals surface area contributed by atoms with Gasteiger partial charge in [0, 0.05) is 6.07 Å². The van der Waals surface area contributed by atoms with Gasteiger partial charge in [0.2, 0.25) is 5.75 Å². The van der Waals surface area contributed by atoms with Crippen LogP contribution in [0.2, 0.25) is 0 Å². The molecule has 0 radical (unpaired) electrons. The third-order valence-electron chi connectivity index (χ3n) is 2.23. The number of nitro groups is 1. The third kappa shape index (κ3) is 3.43. The summed E-state index contributed by atoms with van der Waals surface area (Å²) in [5.41, 5.74) is -0.258. The van der Waals surface area contributed by atoms with Gasteiger partial charge in [0.25, 0.3) is 0 Å². The second kappa shape index (κ2) is 6.34. The normalized spacial score (nSPS) is 11.9. The number of rotatable bonds is 6. The molecular weight excluding hydrogens is 306 g/mol. The van der Waals surface area contributed by atoms with Crippen molar-refractivity contribution in [3.63, 3.8) is 0 Å². The summed E-state index contributed by atoms with van der Waals surface area (Å²) in [6.07, 6.45) is -0.198. The highest BCUT2D eigenvalue weighted by atomic mass is 79.9. The minimum atomic E-state index is -1.14. The van der Waals surface area contributed by atoms with Gasteiger partial charge < -0.3 is 9.84 Å². The molecule has 1 rings (SSSR count). The maximum atomic E-state index is 11.0. The molecule has 18 heavy (non-hydrogen) atoms. The molecule has 0 aliphatic rings. The topological polar surface area (TPSA) is 89.7 Å². The highest BCUT2D eigenvalue weighted by molar-refractivity contribution is 9.10. The zero-order valence-corrected chi connectivity index (χ0v) is 11.2. The van der Waals surface area contributed by atoms with Crippen LogP contribution in [0.5, 0.6) is 5.75 Å². The quantitative estimate of drug-likeness (QED) is 0.643. The fraction of sp³-hybridized carbons (Fsp3) is 0.364. The van der Waals surface area contributed by atoms with Crippen molar-refractivity contribution in [2.24, 2.45) is 0 Å². The summed E-state index contributed by atoms with van der Waals surface area (Å²) in [5.74, 6) is -1.19. The highest BCUT2D eigenvalue weighted by Crippen LogP contribution is 2.35. The largest absolute Gasteiger partial charge is 0.479 e. The Bertz CT molecular complexity index is 463. The number of halogens is 1. The van der Waals surface area contributed by atoms with Crippen molar-refractivity contribution < 1.29 is 19.6 Å². The van der Waals surface area contributed by atoms with Crippen LogP contribution >= 0.6 is 15.9 Å². The van der Waals surface area contributed by atoms with Crippen LogP contribution in [0, 0.1) is 10.1 Å². The molecule has 1 unspecified atom stereocenters. The maximum absolute atomic E-state index is 11.0. The number of hydrogen-bond donors (Lipinski definition) is 1. The Morgan fingerprint density at radius 1 is 1.61 bits per heavy atom. The minimum absolute atomic E-state index is 0.0525. The molecule has 0 aromatic heterocycles. The number of aliphatic carboxylic acids is 1. The first-order chi connectivity index (χ1) is 8.47. The molecule has 98 valence electrons.